The Morgan fingerprint density at radius 1 is 0.721 bits per heavy atom. The van der Waals surface area contributed by atoms with Gasteiger partial charge in [0.2, 0.25) is 0 Å². The number of rotatable bonds is 9. The minimum atomic E-state index is -0.0874. The standard InChI is InChI=1S/C14H14N8.C14H15N5O.CH4/c15-19-16-5-12-8-22(20-18-12)9-13-7-21-6-11(10-1-2-10)3-4-14(21)17-13;20-9-13-8-19(17-16-13)7-12-6-18-5-11(10-1-2-10)3-4-14(18)15-12;/h3-4,6-8,10H,1-2,5,9H2;3-6,8,10,20H,1-2,7,9H2;1H4. The van der Waals surface area contributed by atoms with Crippen LogP contribution in [0.15, 0.2) is 66.6 Å². The van der Waals surface area contributed by atoms with Gasteiger partial charge in [-0.15, -0.1) is 10.2 Å². The summed E-state index contributed by atoms with van der Waals surface area (Å²) in [6, 6.07) is 8.46. The molecule has 1 N–H and O–H groups in total. The smallest absolute Gasteiger partial charge is 0.137 e. The van der Waals surface area contributed by atoms with Crippen molar-refractivity contribution >= 4 is 11.3 Å². The first-order valence-electron chi connectivity index (χ1n) is 14.0. The van der Waals surface area contributed by atoms with Crippen molar-refractivity contribution in [3.8, 4) is 0 Å². The van der Waals surface area contributed by atoms with E-state index in [0.717, 1.165) is 34.5 Å². The van der Waals surface area contributed by atoms with E-state index in [1.807, 2.05) is 12.4 Å². The van der Waals surface area contributed by atoms with E-state index < -0.39 is 0 Å². The molecule has 0 unspecified atom stereocenters. The molecule has 6 aromatic heterocycles. The fourth-order valence-corrected chi connectivity index (χ4v) is 5.00. The molecule has 2 aliphatic carbocycles. The fraction of sp³-hybridized carbons (Fsp3) is 0.379. The highest BCUT2D eigenvalue weighted by atomic mass is 16.3. The Bertz CT molecular complexity index is 1900. The Hall–Kier alpha value is -5.07. The van der Waals surface area contributed by atoms with Crippen molar-refractivity contribution in [1.29, 1.82) is 0 Å². The van der Waals surface area contributed by atoms with Crippen LogP contribution in [0.2, 0.25) is 0 Å². The van der Waals surface area contributed by atoms with Gasteiger partial charge in [0.1, 0.15) is 17.0 Å². The number of imidazole rings is 2. The summed E-state index contributed by atoms with van der Waals surface area (Å²) in [6.07, 6.45) is 17.1. The first kappa shape index (κ1) is 28.1. The molecule has 43 heavy (non-hydrogen) atoms. The van der Waals surface area contributed by atoms with E-state index in [9.17, 15) is 0 Å². The maximum absolute atomic E-state index is 8.98. The van der Waals surface area contributed by atoms with Gasteiger partial charge in [-0.1, -0.05) is 35.1 Å². The lowest BCUT2D eigenvalue weighted by Crippen LogP contribution is -2.00. The number of hydrogen-bond donors (Lipinski definition) is 1. The molecular weight excluding hydrogens is 546 g/mol. The first-order chi connectivity index (χ1) is 20.6. The molecule has 0 atom stereocenters. The zero-order chi connectivity index (χ0) is 28.5. The second kappa shape index (κ2) is 12.0. The van der Waals surface area contributed by atoms with E-state index in [-0.39, 0.29) is 20.6 Å². The maximum Gasteiger partial charge on any atom is 0.137 e. The number of hydrogen-bond acceptors (Lipinski definition) is 8. The van der Waals surface area contributed by atoms with Gasteiger partial charge in [-0.25, -0.2) is 19.3 Å². The van der Waals surface area contributed by atoms with Crippen molar-refractivity contribution in [2.45, 2.75) is 71.2 Å². The zero-order valence-corrected chi connectivity index (χ0v) is 22.8. The Morgan fingerprint density at radius 3 is 1.70 bits per heavy atom. The molecule has 6 heterocycles. The van der Waals surface area contributed by atoms with Gasteiger partial charge in [0, 0.05) is 35.9 Å². The van der Waals surface area contributed by atoms with Crippen LogP contribution in [0.4, 0.5) is 0 Å². The molecule has 0 amide bonds. The third-order valence-corrected chi connectivity index (χ3v) is 7.42. The fourth-order valence-electron chi connectivity index (χ4n) is 5.00. The van der Waals surface area contributed by atoms with E-state index in [0.29, 0.717) is 24.5 Å². The third kappa shape index (κ3) is 6.55. The molecule has 0 aromatic carbocycles. The Kier molecular flexibility index (Phi) is 7.86. The quantitative estimate of drug-likeness (QED) is 0.148. The lowest BCUT2D eigenvalue weighted by Gasteiger charge is -1.98. The molecule has 0 saturated heterocycles. The Labute approximate surface area is 247 Å². The van der Waals surface area contributed by atoms with Crippen LogP contribution in [0.25, 0.3) is 21.7 Å². The van der Waals surface area contributed by atoms with E-state index in [2.05, 4.69) is 86.1 Å². The average molecular weight is 580 g/mol. The van der Waals surface area contributed by atoms with Gasteiger partial charge in [-0.3, -0.25) is 0 Å². The van der Waals surface area contributed by atoms with Gasteiger partial charge >= 0.3 is 0 Å². The molecule has 0 aliphatic heterocycles. The highest BCUT2D eigenvalue weighted by Gasteiger charge is 2.24. The van der Waals surface area contributed by atoms with Crippen LogP contribution in [-0.4, -0.2) is 53.9 Å². The van der Waals surface area contributed by atoms with Crippen molar-refractivity contribution in [2.24, 2.45) is 5.11 Å². The molecule has 8 rings (SSSR count). The van der Waals surface area contributed by atoms with E-state index >= 15 is 0 Å². The molecule has 6 aromatic rings. The molecule has 0 spiro atoms. The number of fused-ring (bicyclic) bond motifs is 2. The van der Waals surface area contributed by atoms with Crippen LogP contribution < -0.4 is 0 Å². The van der Waals surface area contributed by atoms with E-state index in [1.54, 1.807) is 21.8 Å². The first-order valence-corrected chi connectivity index (χ1v) is 14.0. The zero-order valence-electron chi connectivity index (χ0n) is 22.8. The van der Waals surface area contributed by atoms with E-state index in [4.69, 9.17) is 10.6 Å². The van der Waals surface area contributed by atoms with Crippen molar-refractivity contribution in [2.75, 3.05) is 0 Å². The SMILES string of the molecule is C.OCc1cn(Cc2cn3cc(C4CC4)ccc3n2)nn1.[N-]=[N+]=NCc1cn(Cc2cn3cc(C4CC4)ccc3n2)nn1. The second-order valence-electron chi connectivity index (χ2n) is 10.8. The normalized spacial score (nSPS) is 14.3. The Morgan fingerprint density at radius 2 is 1.23 bits per heavy atom. The molecule has 2 aliphatic rings. The van der Waals surface area contributed by atoms with Gasteiger partial charge in [0.25, 0.3) is 0 Å². The molecule has 2 saturated carbocycles. The van der Waals surface area contributed by atoms with Crippen LogP contribution >= 0.6 is 0 Å². The predicted molar refractivity (Wildman–Crippen MR) is 158 cm³/mol. The number of aliphatic hydroxyl groups excluding tert-OH is 1. The molecule has 0 radical (unpaired) electrons. The van der Waals surface area contributed by atoms with Crippen LogP contribution in [-0.2, 0) is 26.2 Å². The van der Waals surface area contributed by atoms with Gasteiger partial charge in [0.05, 0.1) is 49.5 Å². The van der Waals surface area contributed by atoms with Gasteiger partial charge in [-0.05, 0) is 66.3 Å². The molecule has 0 bridgehead atoms. The number of nitrogens with zero attached hydrogens (tertiary/aromatic N) is 13. The van der Waals surface area contributed by atoms with Crippen molar-refractivity contribution in [1.82, 2.24) is 48.8 Å². The van der Waals surface area contributed by atoms with Gasteiger partial charge in [-0.2, -0.15) is 0 Å². The summed E-state index contributed by atoms with van der Waals surface area (Å²) in [5, 5.41) is 28.3. The topological polar surface area (TPSA) is 165 Å². The summed E-state index contributed by atoms with van der Waals surface area (Å²) in [6.45, 7) is 1.24. The van der Waals surface area contributed by atoms with Gasteiger partial charge in [0.15, 0.2) is 0 Å². The summed E-state index contributed by atoms with van der Waals surface area (Å²) in [7, 11) is 0. The minimum Gasteiger partial charge on any atom is -0.390 e. The largest absolute Gasteiger partial charge is 0.390 e. The average Bonchev–Trinajstić information content (AvgIpc) is 3.85. The highest BCUT2D eigenvalue weighted by Crippen LogP contribution is 2.40. The second-order valence-corrected chi connectivity index (χ2v) is 10.8. The predicted octanol–water partition coefficient (Wildman–Crippen LogP) is 4.64. The summed E-state index contributed by atoms with van der Waals surface area (Å²) >= 11 is 0. The van der Waals surface area contributed by atoms with Crippen molar-refractivity contribution in [3.05, 3.63) is 106 Å². The Balaban J connectivity index is 0.000000150. The monoisotopic (exact) mass is 579 g/mol. The number of azide groups is 1. The molecule has 220 valence electrons. The minimum absolute atomic E-state index is 0. The van der Waals surface area contributed by atoms with E-state index in [1.165, 1.54) is 36.8 Å². The summed E-state index contributed by atoms with van der Waals surface area (Å²) in [5.41, 5.74) is 16.1. The molecule has 14 nitrogen and oxygen atoms in total. The molecule has 14 heteroatoms. The summed E-state index contributed by atoms with van der Waals surface area (Å²) < 4.78 is 7.54. The number of aliphatic hydroxyl groups is 1. The van der Waals surface area contributed by atoms with Crippen molar-refractivity contribution < 1.29 is 5.11 Å². The van der Waals surface area contributed by atoms with Crippen LogP contribution in [0.1, 0.15) is 78.8 Å². The van der Waals surface area contributed by atoms with Crippen LogP contribution in [0, 0.1) is 0 Å². The van der Waals surface area contributed by atoms with Gasteiger partial charge < -0.3 is 13.9 Å². The summed E-state index contributed by atoms with van der Waals surface area (Å²) in [4.78, 5) is 11.9. The molecular formula is C29H33N13O. The molecule has 2 fully saturated rings. The lowest BCUT2D eigenvalue weighted by atomic mass is 10.2. The highest BCUT2D eigenvalue weighted by molar-refractivity contribution is 5.43. The van der Waals surface area contributed by atoms with Crippen molar-refractivity contribution in [3.63, 3.8) is 0 Å². The van der Waals surface area contributed by atoms with Crippen LogP contribution in [0.5, 0.6) is 0 Å². The third-order valence-electron chi connectivity index (χ3n) is 7.42. The number of pyridine rings is 2. The van der Waals surface area contributed by atoms with Crippen LogP contribution in [0.3, 0.4) is 0 Å². The lowest BCUT2D eigenvalue weighted by molar-refractivity contribution is 0.276. The number of aromatic nitrogens is 10. The summed E-state index contributed by atoms with van der Waals surface area (Å²) in [5.74, 6) is 1.47. The maximum atomic E-state index is 8.98.